The van der Waals surface area contributed by atoms with Crippen LogP contribution in [0.25, 0.3) is 0 Å². The highest BCUT2D eigenvalue weighted by molar-refractivity contribution is 5.76. The van der Waals surface area contributed by atoms with Gasteiger partial charge >= 0.3 is 5.97 Å². The largest absolute Gasteiger partial charge is 0.466 e. The number of carbonyl (C=O) groups is 2. The number of hydrogen-bond acceptors (Lipinski definition) is 5. The summed E-state index contributed by atoms with van der Waals surface area (Å²) in [5, 5.41) is 23.2. The highest BCUT2D eigenvalue weighted by Crippen LogP contribution is 2.18. The molecule has 444 valence electrons. The molecule has 0 radical (unpaired) electrons. The van der Waals surface area contributed by atoms with Crippen molar-refractivity contribution in [3.05, 3.63) is 24.3 Å². The number of aliphatic hydroxyl groups excluding tert-OH is 2. The van der Waals surface area contributed by atoms with Crippen LogP contribution in [0, 0.1) is 0 Å². The molecule has 0 bridgehead atoms. The summed E-state index contributed by atoms with van der Waals surface area (Å²) in [6, 6.07) is -0.631. The molecule has 6 nitrogen and oxygen atoms in total. The molecule has 0 aliphatic carbocycles. The van der Waals surface area contributed by atoms with E-state index in [1.807, 2.05) is 6.08 Å². The molecule has 3 N–H and O–H groups in total. The fourth-order valence-corrected chi connectivity index (χ4v) is 10.7. The number of rotatable bonds is 64. The maximum absolute atomic E-state index is 12.5. The minimum atomic E-state index is -0.848. The van der Waals surface area contributed by atoms with Gasteiger partial charge in [-0.2, -0.15) is 0 Å². The van der Waals surface area contributed by atoms with Crippen molar-refractivity contribution >= 4 is 11.9 Å². The van der Waals surface area contributed by atoms with Crippen molar-refractivity contribution in [3.63, 3.8) is 0 Å². The fourth-order valence-electron chi connectivity index (χ4n) is 10.7. The zero-order valence-electron chi connectivity index (χ0n) is 50.8. The van der Waals surface area contributed by atoms with E-state index in [1.165, 1.54) is 308 Å². The summed E-state index contributed by atoms with van der Waals surface area (Å²) < 4.78 is 5.50. The van der Waals surface area contributed by atoms with E-state index < -0.39 is 12.1 Å². The first-order chi connectivity index (χ1) is 37.0. The highest BCUT2D eigenvalue weighted by atomic mass is 16.5. The van der Waals surface area contributed by atoms with Crippen molar-refractivity contribution in [1.29, 1.82) is 0 Å². The third-order valence-electron chi connectivity index (χ3n) is 16.0. The summed E-state index contributed by atoms with van der Waals surface area (Å²) in [5.74, 6) is -0.0610. The second kappa shape index (κ2) is 64.9. The highest BCUT2D eigenvalue weighted by Gasteiger charge is 2.18. The number of ether oxygens (including phenoxy) is 1. The first-order valence-electron chi connectivity index (χ1n) is 34.1. The van der Waals surface area contributed by atoms with Crippen LogP contribution in [0.4, 0.5) is 0 Å². The predicted molar refractivity (Wildman–Crippen MR) is 329 cm³/mol. The summed E-state index contributed by atoms with van der Waals surface area (Å²) in [7, 11) is 0. The number of unbranched alkanes of at least 4 members (excludes halogenated alkanes) is 51. The average Bonchev–Trinajstić information content (AvgIpc) is 3.41. The number of nitrogens with one attached hydrogen (secondary N) is 1. The second-order valence-corrected chi connectivity index (χ2v) is 23.5. The van der Waals surface area contributed by atoms with E-state index in [0.29, 0.717) is 19.4 Å². The van der Waals surface area contributed by atoms with Gasteiger partial charge in [0.1, 0.15) is 0 Å². The van der Waals surface area contributed by atoms with Gasteiger partial charge in [0.05, 0.1) is 25.4 Å². The van der Waals surface area contributed by atoms with Gasteiger partial charge in [-0.05, 0) is 57.8 Å². The fraction of sp³-hybridized carbons (Fsp3) is 0.913. The topological polar surface area (TPSA) is 95.9 Å². The van der Waals surface area contributed by atoms with Gasteiger partial charge < -0.3 is 20.3 Å². The summed E-state index contributed by atoms with van der Waals surface area (Å²) in [6.45, 7) is 4.93. The Morgan fingerprint density at radius 2 is 0.627 bits per heavy atom. The number of carbonyl (C=O) groups excluding carboxylic acids is 2. The third-order valence-corrected chi connectivity index (χ3v) is 16.0. The monoisotopic (exact) mass is 1060 g/mol. The summed E-state index contributed by atoms with van der Waals surface area (Å²) in [5.41, 5.74) is 0. The number of hydrogen-bond donors (Lipinski definition) is 3. The molecule has 0 aliphatic rings. The molecule has 0 spiro atoms. The zero-order valence-corrected chi connectivity index (χ0v) is 50.8. The maximum atomic E-state index is 12.5. The van der Waals surface area contributed by atoms with Gasteiger partial charge in [-0.3, -0.25) is 9.59 Å². The van der Waals surface area contributed by atoms with Gasteiger partial charge in [-0.15, -0.1) is 0 Å². The summed E-state index contributed by atoms with van der Waals surface area (Å²) in [6.07, 6.45) is 80.9. The van der Waals surface area contributed by atoms with Crippen LogP contribution in [0.2, 0.25) is 0 Å². The molecule has 0 aliphatic heterocycles. The van der Waals surface area contributed by atoms with Gasteiger partial charge in [-0.25, -0.2) is 0 Å². The standard InChI is InChI=1S/C69H133NO5/c1-3-5-7-9-11-13-15-17-19-21-22-23-24-26-30-33-37-41-45-49-53-57-61-67(72)66(65-71)70-68(73)62-58-54-50-46-42-38-34-31-27-25-28-32-36-40-44-48-52-56-60-64-75-69(74)63-59-55-51-47-43-39-35-29-20-18-16-14-12-10-8-6-4-2/h18,20,57,61,66-67,71-72H,3-17,19,21-56,58-60,62-65H2,1-2H3,(H,70,73)/b20-18-,61-57+. The van der Waals surface area contributed by atoms with Crippen LogP contribution < -0.4 is 5.32 Å². The average molecular weight is 1060 g/mol. The van der Waals surface area contributed by atoms with Crippen molar-refractivity contribution in [1.82, 2.24) is 5.32 Å². The predicted octanol–water partition coefficient (Wildman–Crippen LogP) is 21.8. The van der Waals surface area contributed by atoms with E-state index in [4.69, 9.17) is 4.74 Å². The molecule has 6 heteroatoms. The van der Waals surface area contributed by atoms with Crippen LogP contribution >= 0.6 is 0 Å². The van der Waals surface area contributed by atoms with E-state index in [1.54, 1.807) is 6.08 Å². The molecular weight excluding hydrogens is 923 g/mol. The van der Waals surface area contributed by atoms with E-state index >= 15 is 0 Å². The van der Waals surface area contributed by atoms with Crippen LogP contribution in [-0.2, 0) is 14.3 Å². The molecule has 0 fully saturated rings. The lowest BCUT2D eigenvalue weighted by Gasteiger charge is -2.20. The molecule has 0 heterocycles. The minimum absolute atomic E-state index is 0.00589. The van der Waals surface area contributed by atoms with Crippen LogP contribution in [0.3, 0.4) is 0 Å². The molecule has 2 atom stereocenters. The molecule has 0 aromatic heterocycles. The zero-order chi connectivity index (χ0) is 54.3. The Labute approximate surface area is 469 Å². The molecule has 0 rings (SSSR count). The van der Waals surface area contributed by atoms with Crippen molar-refractivity contribution in [2.45, 2.75) is 392 Å². The lowest BCUT2D eigenvalue weighted by Crippen LogP contribution is -2.45. The van der Waals surface area contributed by atoms with Gasteiger partial charge in [-0.1, -0.05) is 334 Å². The van der Waals surface area contributed by atoms with Crippen LogP contribution in [0.15, 0.2) is 24.3 Å². The van der Waals surface area contributed by atoms with Crippen LogP contribution in [0.1, 0.15) is 380 Å². The lowest BCUT2D eigenvalue weighted by atomic mass is 10.0. The number of aliphatic hydroxyl groups is 2. The van der Waals surface area contributed by atoms with Gasteiger partial charge in [0.15, 0.2) is 0 Å². The molecule has 0 aromatic rings. The molecule has 2 unspecified atom stereocenters. The van der Waals surface area contributed by atoms with E-state index in [9.17, 15) is 19.8 Å². The maximum Gasteiger partial charge on any atom is 0.305 e. The van der Waals surface area contributed by atoms with Gasteiger partial charge in [0, 0.05) is 12.8 Å². The Balaban J connectivity index is 3.42. The summed E-state index contributed by atoms with van der Waals surface area (Å²) in [4.78, 5) is 24.6. The quantitative estimate of drug-likeness (QED) is 0.0320. The molecule has 1 amide bonds. The Bertz CT molecular complexity index is 1170. The van der Waals surface area contributed by atoms with Gasteiger partial charge in [0.2, 0.25) is 5.91 Å². The first-order valence-corrected chi connectivity index (χ1v) is 34.1. The Kier molecular flexibility index (Phi) is 63.4. The van der Waals surface area contributed by atoms with Gasteiger partial charge in [0.25, 0.3) is 0 Å². The van der Waals surface area contributed by atoms with Crippen molar-refractivity contribution in [2.75, 3.05) is 13.2 Å². The van der Waals surface area contributed by atoms with Crippen molar-refractivity contribution in [3.8, 4) is 0 Å². The van der Waals surface area contributed by atoms with E-state index in [-0.39, 0.29) is 18.5 Å². The minimum Gasteiger partial charge on any atom is -0.466 e. The number of allylic oxidation sites excluding steroid dienone is 3. The second-order valence-electron chi connectivity index (χ2n) is 23.5. The molecule has 0 aromatic carbocycles. The van der Waals surface area contributed by atoms with E-state index in [2.05, 4.69) is 31.3 Å². The van der Waals surface area contributed by atoms with E-state index in [0.717, 1.165) is 44.9 Å². The Hall–Kier alpha value is -1.66. The molecular formula is C69H133NO5. The molecule has 0 saturated carbocycles. The smallest absolute Gasteiger partial charge is 0.305 e. The summed E-state index contributed by atoms with van der Waals surface area (Å²) >= 11 is 0. The Morgan fingerprint density at radius 1 is 0.360 bits per heavy atom. The van der Waals surface area contributed by atoms with Crippen molar-refractivity contribution in [2.24, 2.45) is 0 Å². The molecule has 75 heavy (non-hydrogen) atoms. The normalized spacial score (nSPS) is 12.6. The third kappa shape index (κ3) is 61.4. The SMILES string of the molecule is CCCCCCCC/C=C\CCCCCCCCCC(=O)OCCCCCCCCCCCCCCCCCCCCCC(=O)NC(CO)C(O)/C=C/CCCCCCCCCCCCCCCCCCCCCC. The number of esters is 1. The van der Waals surface area contributed by atoms with Crippen LogP contribution in [0.5, 0.6) is 0 Å². The Morgan fingerprint density at radius 3 is 0.947 bits per heavy atom. The first kappa shape index (κ1) is 73.3. The lowest BCUT2D eigenvalue weighted by molar-refractivity contribution is -0.143. The number of amides is 1. The molecule has 0 saturated heterocycles. The van der Waals surface area contributed by atoms with Crippen molar-refractivity contribution < 1.29 is 24.5 Å². The van der Waals surface area contributed by atoms with Crippen LogP contribution in [-0.4, -0.2) is 47.4 Å².